The lowest BCUT2D eigenvalue weighted by atomic mass is 9.81. The van der Waals surface area contributed by atoms with Crippen molar-refractivity contribution in [2.24, 2.45) is 0 Å². The van der Waals surface area contributed by atoms with Crippen LogP contribution >= 0.6 is 0 Å². The van der Waals surface area contributed by atoms with Crippen LogP contribution in [-0.4, -0.2) is 39.4 Å². The second kappa shape index (κ2) is 9.18. The van der Waals surface area contributed by atoms with Crippen LogP contribution in [0.4, 0.5) is 5.69 Å². The number of benzene rings is 2. The van der Waals surface area contributed by atoms with Gasteiger partial charge in [0.15, 0.2) is 0 Å². The van der Waals surface area contributed by atoms with Crippen molar-refractivity contribution >= 4 is 11.6 Å². The molecule has 1 amide bonds. The zero-order valence-electron chi connectivity index (χ0n) is 17.4. The third-order valence-electron chi connectivity index (χ3n) is 5.95. The van der Waals surface area contributed by atoms with E-state index in [9.17, 15) is 4.79 Å². The highest BCUT2D eigenvalue weighted by Crippen LogP contribution is 2.36. The topological polar surface area (TPSA) is 49.3 Å². The first kappa shape index (κ1) is 20.2. The highest BCUT2D eigenvalue weighted by molar-refractivity contribution is 5.93. The van der Waals surface area contributed by atoms with Crippen LogP contribution in [0.3, 0.4) is 0 Å². The van der Waals surface area contributed by atoms with E-state index in [0.717, 1.165) is 44.0 Å². The van der Waals surface area contributed by atoms with Crippen LogP contribution in [0, 0.1) is 0 Å². The molecule has 2 aromatic carbocycles. The number of aromatic nitrogens is 2. The van der Waals surface area contributed by atoms with E-state index in [1.165, 1.54) is 5.56 Å². The van der Waals surface area contributed by atoms with Crippen LogP contribution in [0.5, 0.6) is 0 Å². The number of hydrogen-bond donors (Lipinski definition) is 0. The molecule has 1 saturated heterocycles. The fourth-order valence-corrected chi connectivity index (χ4v) is 4.53. The van der Waals surface area contributed by atoms with Gasteiger partial charge in [-0.15, -0.1) is 0 Å². The van der Waals surface area contributed by atoms with Gasteiger partial charge in [0.1, 0.15) is 5.82 Å². The summed E-state index contributed by atoms with van der Waals surface area (Å²) < 4.78 is 0. The number of carbonyl (C=O) groups is 1. The van der Waals surface area contributed by atoms with Crippen LogP contribution < -0.4 is 4.90 Å². The lowest BCUT2D eigenvalue weighted by Gasteiger charge is -2.48. The van der Waals surface area contributed by atoms with Crippen molar-refractivity contribution in [1.82, 2.24) is 14.9 Å². The van der Waals surface area contributed by atoms with Gasteiger partial charge in [-0.3, -0.25) is 9.69 Å². The maximum absolute atomic E-state index is 12.9. The maximum atomic E-state index is 12.9. The molecule has 1 aromatic heterocycles. The molecule has 0 aliphatic carbocycles. The highest BCUT2D eigenvalue weighted by Gasteiger charge is 2.42. The molecule has 0 N–H and O–H groups in total. The molecule has 2 heterocycles. The molecule has 4 rings (SSSR count). The quantitative estimate of drug-likeness (QED) is 0.625. The monoisotopic (exact) mass is 400 g/mol. The van der Waals surface area contributed by atoms with E-state index < -0.39 is 0 Å². The van der Waals surface area contributed by atoms with Crippen molar-refractivity contribution in [2.75, 3.05) is 18.0 Å². The maximum Gasteiger partial charge on any atom is 0.224 e. The number of nitrogens with zero attached hydrogens (tertiary/aromatic N) is 4. The molecule has 0 saturated carbocycles. The Bertz CT molecular complexity index is 939. The number of amides is 1. The van der Waals surface area contributed by atoms with Crippen LogP contribution in [0.1, 0.15) is 31.2 Å². The normalized spacial score (nSPS) is 16.2. The largest absolute Gasteiger partial charge is 0.306 e. The van der Waals surface area contributed by atoms with Gasteiger partial charge in [0.2, 0.25) is 5.91 Å². The lowest BCUT2D eigenvalue weighted by molar-refractivity contribution is -0.118. The van der Waals surface area contributed by atoms with E-state index >= 15 is 0 Å². The van der Waals surface area contributed by atoms with E-state index in [2.05, 4.69) is 45.2 Å². The van der Waals surface area contributed by atoms with Gasteiger partial charge in [-0.05, 0) is 36.6 Å². The molecule has 1 aliphatic heterocycles. The predicted molar refractivity (Wildman–Crippen MR) is 119 cm³/mol. The highest BCUT2D eigenvalue weighted by atomic mass is 16.2. The number of hydrogen-bond acceptors (Lipinski definition) is 4. The Morgan fingerprint density at radius 1 is 0.933 bits per heavy atom. The number of carbonyl (C=O) groups excluding carboxylic acids is 1. The summed E-state index contributed by atoms with van der Waals surface area (Å²) in [5, 5.41) is 0. The SMILES string of the molecule is CC(=O)N(c1ccccc1)C1(Cc2ncccn2)CCN(Cc2ccccc2)CC1. The average molecular weight is 401 g/mol. The van der Waals surface area contributed by atoms with Gasteiger partial charge >= 0.3 is 0 Å². The molecule has 5 heteroatoms. The number of rotatable bonds is 6. The van der Waals surface area contributed by atoms with Crippen LogP contribution in [-0.2, 0) is 17.8 Å². The molecule has 0 spiro atoms. The smallest absolute Gasteiger partial charge is 0.224 e. The van der Waals surface area contributed by atoms with Gasteiger partial charge in [0.25, 0.3) is 0 Å². The molecule has 5 nitrogen and oxygen atoms in total. The zero-order valence-corrected chi connectivity index (χ0v) is 17.4. The first-order valence-corrected chi connectivity index (χ1v) is 10.5. The summed E-state index contributed by atoms with van der Waals surface area (Å²) in [6, 6.07) is 22.4. The number of likely N-dealkylation sites (tertiary alicyclic amines) is 1. The summed E-state index contributed by atoms with van der Waals surface area (Å²) in [4.78, 5) is 26.3. The van der Waals surface area contributed by atoms with E-state index in [-0.39, 0.29) is 11.4 Å². The lowest BCUT2D eigenvalue weighted by Crippen LogP contribution is -2.58. The van der Waals surface area contributed by atoms with Gasteiger partial charge < -0.3 is 4.90 Å². The van der Waals surface area contributed by atoms with Gasteiger partial charge in [-0.25, -0.2) is 9.97 Å². The Balaban J connectivity index is 1.61. The number of piperidine rings is 1. The molecule has 0 bridgehead atoms. The second-order valence-corrected chi connectivity index (χ2v) is 8.02. The minimum absolute atomic E-state index is 0.0636. The fraction of sp³-hybridized carbons (Fsp3) is 0.320. The van der Waals surface area contributed by atoms with E-state index in [1.54, 1.807) is 19.3 Å². The molecule has 0 radical (unpaired) electrons. The third kappa shape index (κ3) is 4.57. The Morgan fingerprint density at radius 2 is 1.53 bits per heavy atom. The van der Waals surface area contributed by atoms with Gasteiger partial charge in [-0.1, -0.05) is 48.5 Å². The molecular formula is C25H28N4O. The third-order valence-corrected chi connectivity index (χ3v) is 5.95. The number of para-hydroxylation sites is 1. The van der Waals surface area contributed by atoms with Crippen LogP contribution in [0.25, 0.3) is 0 Å². The molecule has 3 aromatic rings. The standard InChI is InChI=1S/C25H28N4O/c1-21(30)29(23-11-6-3-7-12-23)25(19-24-26-15-8-16-27-24)13-17-28(18-14-25)20-22-9-4-2-5-10-22/h2-12,15-16H,13-14,17-20H2,1H3. The molecule has 0 atom stereocenters. The average Bonchev–Trinajstić information content (AvgIpc) is 2.77. The van der Waals surface area contributed by atoms with Gasteiger partial charge in [-0.2, -0.15) is 0 Å². The molecule has 154 valence electrons. The molecule has 1 aliphatic rings. The first-order valence-electron chi connectivity index (χ1n) is 10.5. The summed E-state index contributed by atoms with van der Waals surface area (Å²) in [7, 11) is 0. The Kier molecular flexibility index (Phi) is 6.19. The molecular weight excluding hydrogens is 372 g/mol. The molecule has 1 fully saturated rings. The first-order chi connectivity index (χ1) is 14.7. The Hall–Kier alpha value is -3.05. The zero-order chi connectivity index (χ0) is 20.8. The second-order valence-electron chi connectivity index (χ2n) is 8.02. The van der Waals surface area contributed by atoms with Crippen molar-refractivity contribution in [2.45, 2.75) is 38.3 Å². The summed E-state index contributed by atoms with van der Waals surface area (Å²) in [5.74, 6) is 0.852. The summed E-state index contributed by atoms with van der Waals surface area (Å²) in [6.07, 6.45) is 5.98. The van der Waals surface area contributed by atoms with Gasteiger partial charge in [0.05, 0.1) is 5.54 Å². The van der Waals surface area contributed by atoms with Crippen molar-refractivity contribution in [1.29, 1.82) is 0 Å². The molecule has 0 unspecified atom stereocenters. The van der Waals surface area contributed by atoms with Crippen molar-refractivity contribution in [3.05, 3.63) is 90.5 Å². The van der Waals surface area contributed by atoms with Gasteiger partial charge in [0, 0.05) is 51.1 Å². The summed E-state index contributed by atoms with van der Waals surface area (Å²) >= 11 is 0. The Morgan fingerprint density at radius 3 is 2.13 bits per heavy atom. The van der Waals surface area contributed by atoms with E-state index in [1.807, 2.05) is 41.3 Å². The van der Waals surface area contributed by atoms with Crippen molar-refractivity contribution < 1.29 is 4.79 Å². The van der Waals surface area contributed by atoms with Crippen molar-refractivity contribution in [3.8, 4) is 0 Å². The summed E-state index contributed by atoms with van der Waals surface area (Å²) in [6.45, 7) is 4.46. The predicted octanol–water partition coefficient (Wildman–Crippen LogP) is 4.11. The minimum Gasteiger partial charge on any atom is -0.306 e. The summed E-state index contributed by atoms with van der Waals surface area (Å²) in [5.41, 5.74) is 1.93. The van der Waals surface area contributed by atoms with Crippen LogP contribution in [0.15, 0.2) is 79.1 Å². The number of anilines is 1. The Labute approximate surface area is 178 Å². The minimum atomic E-state index is -0.332. The van der Waals surface area contributed by atoms with E-state index in [0.29, 0.717) is 6.42 Å². The van der Waals surface area contributed by atoms with Crippen molar-refractivity contribution in [3.63, 3.8) is 0 Å². The fourth-order valence-electron chi connectivity index (χ4n) is 4.53. The molecule has 30 heavy (non-hydrogen) atoms. The van der Waals surface area contributed by atoms with E-state index in [4.69, 9.17) is 0 Å². The van der Waals surface area contributed by atoms with Crippen LogP contribution in [0.2, 0.25) is 0 Å².